The van der Waals surface area contributed by atoms with Crippen LogP contribution in [0, 0.1) is 27.2 Å². The highest BCUT2D eigenvalue weighted by atomic mass is 16.6. The second-order valence-electron chi connectivity index (χ2n) is 6.38. The molecule has 0 radical (unpaired) electrons. The monoisotopic (exact) mass is 418 g/mol. The van der Waals surface area contributed by atoms with Gasteiger partial charge in [0, 0.05) is 31.4 Å². The largest absolute Gasteiger partial charge is 0.490 e. The van der Waals surface area contributed by atoms with Crippen molar-refractivity contribution in [2.75, 3.05) is 37.5 Å². The van der Waals surface area contributed by atoms with Crippen molar-refractivity contribution in [3.8, 4) is 5.75 Å². The Labute approximate surface area is 169 Å². The fourth-order valence-corrected chi connectivity index (χ4v) is 3.01. The molecule has 13 nitrogen and oxygen atoms in total. The van der Waals surface area contributed by atoms with Gasteiger partial charge in [0.2, 0.25) is 5.52 Å². The Bertz CT molecular complexity index is 1130. The number of anilines is 3. The van der Waals surface area contributed by atoms with Gasteiger partial charge in [-0.2, -0.15) is 0 Å². The lowest BCUT2D eigenvalue weighted by Crippen LogP contribution is -2.22. The van der Waals surface area contributed by atoms with E-state index >= 15 is 0 Å². The summed E-state index contributed by atoms with van der Waals surface area (Å²) in [5.41, 5.74) is 1.05. The number of nitro groups is 2. The molecular formula is C17H18N6O7. The van der Waals surface area contributed by atoms with Crippen LogP contribution in [0.5, 0.6) is 5.75 Å². The molecule has 2 aromatic carbocycles. The van der Waals surface area contributed by atoms with E-state index in [4.69, 9.17) is 9.37 Å². The van der Waals surface area contributed by atoms with E-state index in [-0.39, 0.29) is 47.0 Å². The average Bonchev–Trinajstić information content (AvgIpc) is 3.18. The standard InChI is InChI=1S/C17H18N6O7/c1-9-6-12(22(25)26)14(29-3)8-10(9)18-11-7-13(21(2)4-5-24)17(23(27)28)16-15(11)19-30-20-16/h6-8,18,24H,4-5H2,1-3H3. The minimum atomic E-state index is -0.598. The number of nitro benzene ring substituents is 2. The van der Waals surface area contributed by atoms with Gasteiger partial charge in [-0.25, -0.2) is 4.63 Å². The summed E-state index contributed by atoms with van der Waals surface area (Å²) in [5, 5.41) is 42.6. The second-order valence-corrected chi connectivity index (χ2v) is 6.38. The third kappa shape index (κ3) is 3.65. The molecule has 0 fully saturated rings. The van der Waals surface area contributed by atoms with Crippen molar-refractivity contribution in [1.82, 2.24) is 10.3 Å². The summed E-state index contributed by atoms with van der Waals surface area (Å²) >= 11 is 0. The normalized spacial score (nSPS) is 10.8. The van der Waals surface area contributed by atoms with Crippen LogP contribution >= 0.6 is 0 Å². The Balaban J connectivity index is 2.18. The van der Waals surface area contributed by atoms with Crippen LogP contribution in [0.4, 0.5) is 28.4 Å². The fourth-order valence-electron chi connectivity index (χ4n) is 3.01. The summed E-state index contributed by atoms with van der Waals surface area (Å²) in [6, 6.07) is 4.28. The third-order valence-corrected chi connectivity index (χ3v) is 4.51. The SMILES string of the molecule is COc1cc(Nc2cc(N(C)CCO)c([N+](=O)[O-])c3nonc23)c(C)cc1[N+](=O)[O-]. The maximum atomic E-state index is 11.7. The first kappa shape index (κ1) is 20.7. The first-order valence-corrected chi connectivity index (χ1v) is 8.64. The van der Waals surface area contributed by atoms with Crippen LogP contribution in [0.2, 0.25) is 0 Å². The Morgan fingerprint density at radius 1 is 1.17 bits per heavy atom. The molecule has 1 aromatic heterocycles. The number of aliphatic hydroxyl groups is 1. The number of aryl methyl sites for hydroxylation is 1. The summed E-state index contributed by atoms with van der Waals surface area (Å²) in [7, 11) is 2.90. The molecule has 0 unspecified atom stereocenters. The van der Waals surface area contributed by atoms with E-state index in [0.29, 0.717) is 16.9 Å². The molecule has 13 heteroatoms. The quantitative estimate of drug-likeness (QED) is 0.407. The smallest absolute Gasteiger partial charge is 0.323 e. The number of benzene rings is 2. The molecule has 0 aliphatic carbocycles. The van der Waals surface area contributed by atoms with Crippen molar-refractivity contribution >= 4 is 39.5 Å². The van der Waals surface area contributed by atoms with Crippen molar-refractivity contribution in [3.63, 3.8) is 0 Å². The van der Waals surface area contributed by atoms with Gasteiger partial charge in [0.1, 0.15) is 5.69 Å². The van der Waals surface area contributed by atoms with Crippen LogP contribution in [0.15, 0.2) is 22.8 Å². The Hall–Kier alpha value is -4.00. The molecule has 0 saturated carbocycles. The van der Waals surface area contributed by atoms with E-state index in [0.717, 1.165) is 0 Å². The highest BCUT2D eigenvalue weighted by molar-refractivity contribution is 6.01. The molecule has 3 rings (SSSR count). The number of ether oxygens (including phenoxy) is 1. The van der Waals surface area contributed by atoms with Crippen molar-refractivity contribution < 1.29 is 24.3 Å². The maximum Gasteiger partial charge on any atom is 0.323 e. The van der Waals surface area contributed by atoms with Crippen LogP contribution in [0.1, 0.15) is 5.56 Å². The molecule has 1 heterocycles. The van der Waals surface area contributed by atoms with Crippen molar-refractivity contribution in [1.29, 1.82) is 0 Å². The minimum Gasteiger partial charge on any atom is -0.490 e. The Kier molecular flexibility index (Phi) is 5.64. The number of aliphatic hydroxyl groups excluding tert-OH is 1. The minimum absolute atomic E-state index is 0.0437. The zero-order valence-corrected chi connectivity index (χ0v) is 16.3. The van der Waals surface area contributed by atoms with Crippen LogP contribution in [-0.4, -0.2) is 52.6 Å². The van der Waals surface area contributed by atoms with Gasteiger partial charge in [-0.05, 0) is 28.9 Å². The second kappa shape index (κ2) is 8.16. The van der Waals surface area contributed by atoms with E-state index in [1.165, 1.54) is 30.2 Å². The molecule has 30 heavy (non-hydrogen) atoms. The first-order chi connectivity index (χ1) is 14.3. The van der Waals surface area contributed by atoms with Crippen LogP contribution in [0.3, 0.4) is 0 Å². The lowest BCUT2D eigenvalue weighted by Gasteiger charge is -2.19. The van der Waals surface area contributed by atoms with Crippen LogP contribution in [0.25, 0.3) is 11.0 Å². The summed E-state index contributed by atoms with van der Waals surface area (Å²) in [5.74, 6) is 0.0437. The van der Waals surface area contributed by atoms with Gasteiger partial charge in [0.15, 0.2) is 11.3 Å². The van der Waals surface area contributed by atoms with E-state index < -0.39 is 9.85 Å². The molecule has 0 aliphatic rings. The van der Waals surface area contributed by atoms with Crippen molar-refractivity contribution in [2.45, 2.75) is 6.92 Å². The van der Waals surface area contributed by atoms with Crippen LogP contribution < -0.4 is 15.0 Å². The van der Waals surface area contributed by atoms with E-state index in [2.05, 4.69) is 15.6 Å². The predicted molar refractivity (Wildman–Crippen MR) is 106 cm³/mol. The van der Waals surface area contributed by atoms with Gasteiger partial charge in [0.25, 0.3) is 0 Å². The summed E-state index contributed by atoms with van der Waals surface area (Å²) in [6.07, 6.45) is 0. The van der Waals surface area contributed by atoms with Crippen molar-refractivity contribution in [3.05, 3.63) is 44.0 Å². The lowest BCUT2D eigenvalue weighted by molar-refractivity contribution is -0.385. The molecule has 0 aliphatic heterocycles. The molecule has 0 atom stereocenters. The molecule has 2 N–H and O–H groups in total. The van der Waals surface area contributed by atoms with E-state index in [9.17, 15) is 25.3 Å². The van der Waals surface area contributed by atoms with E-state index in [1.807, 2.05) is 0 Å². The van der Waals surface area contributed by atoms with Gasteiger partial charge in [0.05, 0.1) is 29.3 Å². The molecule has 158 valence electrons. The summed E-state index contributed by atoms with van der Waals surface area (Å²) in [4.78, 5) is 23.2. The van der Waals surface area contributed by atoms with Gasteiger partial charge < -0.3 is 20.1 Å². The van der Waals surface area contributed by atoms with Gasteiger partial charge in [-0.15, -0.1) is 0 Å². The van der Waals surface area contributed by atoms with Gasteiger partial charge in [-0.3, -0.25) is 20.2 Å². The summed E-state index contributed by atoms with van der Waals surface area (Å²) in [6.45, 7) is 1.59. The number of nitrogens with zero attached hydrogens (tertiary/aromatic N) is 5. The number of hydrogen-bond acceptors (Lipinski definition) is 11. The van der Waals surface area contributed by atoms with Gasteiger partial charge in [-0.1, -0.05) is 0 Å². The number of aromatic nitrogens is 2. The zero-order chi connectivity index (χ0) is 22.0. The third-order valence-electron chi connectivity index (χ3n) is 4.51. The Morgan fingerprint density at radius 3 is 2.47 bits per heavy atom. The molecule has 0 bridgehead atoms. The first-order valence-electron chi connectivity index (χ1n) is 8.64. The van der Waals surface area contributed by atoms with Crippen LogP contribution in [-0.2, 0) is 0 Å². The molecule has 0 amide bonds. The highest BCUT2D eigenvalue weighted by Crippen LogP contribution is 2.41. The summed E-state index contributed by atoms with van der Waals surface area (Å²) < 4.78 is 9.83. The van der Waals surface area contributed by atoms with Crippen molar-refractivity contribution in [2.24, 2.45) is 0 Å². The van der Waals surface area contributed by atoms with E-state index in [1.54, 1.807) is 14.0 Å². The number of hydrogen-bond donors (Lipinski definition) is 2. The zero-order valence-electron chi connectivity index (χ0n) is 16.3. The maximum absolute atomic E-state index is 11.7. The van der Waals surface area contributed by atoms with Gasteiger partial charge >= 0.3 is 11.4 Å². The predicted octanol–water partition coefficient (Wildman–Crippen LogP) is 2.53. The number of likely N-dealkylation sites (N-methyl/N-ethyl adjacent to an activating group) is 1. The lowest BCUT2D eigenvalue weighted by atomic mass is 10.1. The number of rotatable bonds is 8. The number of nitrogens with one attached hydrogen (secondary N) is 1. The average molecular weight is 418 g/mol. The molecular weight excluding hydrogens is 400 g/mol. The number of fused-ring (bicyclic) bond motifs is 1. The Morgan fingerprint density at radius 2 is 1.87 bits per heavy atom. The molecule has 0 saturated heterocycles. The molecule has 0 spiro atoms. The number of methoxy groups -OCH3 is 1. The topological polar surface area (TPSA) is 170 Å². The fraction of sp³-hybridized carbons (Fsp3) is 0.294. The highest BCUT2D eigenvalue weighted by Gasteiger charge is 2.28. The molecule has 3 aromatic rings.